The fourth-order valence-electron chi connectivity index (χ4n) is 1.000. The lowest BCUT2D eigenvalue weighted by Crippen LogP contribution is -2.20. The van der Waals surface area contributed by atoms with Crippen molar-refractivity contribution in [2.24, 2.45) is 0 Å². The first-order valence-electron chi connectivity index (χ1n) is 4.22. The fourth-order valence-corrected chi connectivity index (χ4v) is 1.76. The molecular weight excluding hydrogens is 357 g/mol. The molecule has 14 heavy (non-hydrogen) atoms. The van der Waals surface area contributed by atoms with Gasteiger partial charge in [-0.1, -0.05) is 15.9 Å². The number of carbonyl (C=O) groups excluding carboxylic acids is 1. The molecule has 0 aliphatic carbocycles. The van der Waals surface area contributed by atoms with Crippen molar-refractivity contribution in [1.82, 2.24) is 0 Å². The summed E-state index contributed by atoms with van der Waals surface area (Å²) >= 11 is 5.47. The van der Waals surface area contributed by atoms with Gasteiger partial charge in [0.05, 0.1) is 4.83 Å². The van der Waals surface area contributed by atoms with Gasteiger partial charge >= 0.3 is 0 Å². The fraction of sp³-hybridized carbons (Fsp3) is 0.300. The summed E-state index contributed by atoms with van der Waals surface area (Å²) in [6.45, 7) is 3.79. The van der Waals surface area contributed by atoms with Crippen molar-refractivity contribution in [2.45, 2.75) is 18.7 Å². The van der Waals surface area contributed by atoms with Gasteiger partial charge in [-0.05, 0) is 60.2 Å². The van der Waals surface area contributed by atoms with Crippen LogP contribution in [0.4, 0.5) is 5.69 Å². The highest BCUT2D eigenvalue weighted by molar-refractivity contribution is 14.1. The van der Waals surface area contributed by atoms with Crippen LogP contribution in [0, 0.1) is 10.5 Å². The molecule has 1 amide bonds. The van der Waals surface area contributed by atoms with Crippen LogP contribution in [0.5, 0.6) is 0 Å². The molecule has 1 N–H and O–H groups in total. The predicted octanol–water partition coefficient (Wildman–Crippen LogP) is 3.32. The molecule has 1 aromatic carbocycles. The second-order valence-electron chi connectivity index (χ2n) is 3.06. The first kappa shape index (κ1) is 12.0. The SMILES string of the molecule is Cc1cc(I)ccc1NC(=O)C(C)Br. The zero-order chi connectivity index (χ0) is 10.7. The van der Waals surface area contributed by atoms with Crippen molar-refractivity contribution < 1.29 is 4.79 Å². The molecule has 0 aliphatic rings. The Morgan fingerprint density at radius 3 is 2.71 bits per heavy atom. The summed E-state index contributed by atoms with van der Waals surface area (Å²) < 4.78 is 1.17. The summed E-state index contributed by atoms with van der Waals surface area (Å²) in [5.74, 6) is -0.0192. The number of halogens is 2. The molecule has 0 aromatic heterocycles. The van der Waals surface area contributed by atoms with E-state index in [1.165, 1.54) is 3.57 Å². The van der Waals surface area contributed by atoms with Crippen molar-refractivity contribution in [3.63, 3.8) is 0 Å². The van der Waals surface area contributed by atoms with Crippen LogP contribution < -0.4 is 5.32 Å². The van der Waals surface area contributed by atoms with Crippen LogP contribution in [-0.2, 0) is 4.79 Å². The summed E-state index contributed by atoms with van der Waals surface area (Å²) in [4.78, 5) is 11.2. The summed E-state index contributed by atoms with van der Waals surface area (Å²) in [7, 11) is 0. The van der Waals surface area contributed by atoms with Crippen molar-refractivity contribution in [2.75, 3.05) is 5.32 Å². The van der Waals surface area contributed by atoms with Crippen molar-refractivity contribution in [3.8, 4) is 0 Å². The Balaban J connectivity index is 2.82. The van der Waals surface area contributed by atoms with Gasteiger partial charge in [0.2, 0.25) is 5.91 Å². The summed E-state index contributed by atoms with van der Waals surface area (Å²) in [5, 5.41) is 2.85. The highest BCUT2D eigenvalue weighted by Gasteiger charge is 2.09. The van der Waals surface area contributed by atoms with Crippen LogP contribution in [0.3, 0.4) is 0 Å². The number of carbonyl (C=O) groups is 1. The number of benzene rings is 1. The maximum atomic E-state index is 11.4. The van der Waals surface area contributed by atoms with Crippen molar-refractivity contribution in [3.05, 3.63) is 27.3 Å². The third kappa shape index (κ3) is 3.24. The number of hydrogen-bond donors (Lipinski definition) is 1. The predicted molar refractivity (Wildman–Crippen MR) is 70.9 cm³/mol. The lowest BCUT2D eigenvalue weighted by atomic mass is 10.2. The van der Waals surface area contributed by atoms with E-state index in [4.69, 9.17) is 0 Å². The lowest BCUT2D eigenvalue weighted by molar-refractivity contribution is -0.115. The molecule has 1 aromatic rings. The maximum Gasteiger partial charge on any atom is 0.237 e. The van der Waals surface area contributed by atoms with E-state index >= 15 is 0 Å². The van der Waals surface area contributed by atoms with Gasteiger partial charge in [-0.25, -0.2) is 0 Å². The number of nitrogens with one attached hydrogen (secondary N) is 1. The van der Waals surface area contributed by atoms with E-state index in [0.717, 1.165) is 11.3 Å². The molecule has 1 unspecified atom stereocenters. The second-order valence-corrected chi connectivity index (χ2v) is 5.68. The summed E-state index contributed by atoms with van der Waals surface area (Å²) in [6.07, 6.45) is 0. The van der Waals surface area contributed by atoms with Crippen LogP contribution >= 0.6 is 38.5 Å². The second kappa shape index (κ2) is 5.11. The van der Waals surface area contributed by atoms with E-state index in [-0.39, 0.29) is 10.7 Å². The Labute approximate surface area is 106 Å². The highest BCUT2D eigenvalue weighted by Crippen LogP contribution is 2.18. The Morgan fingerprint density at radius 2 is 2.21 bits per heavy atom. The standard InChI is InChI=1S/C10H11BrINO/c1-6-5-8(12)3-4-9(6)13-10(14)7(2)11/h3-5,7H,1-2H3,(H,13,14). The monoisotopic (exact) mass is 367 g/mol. The van der Waals surface area contributed by atoms with Crippen molar-refractivity contribution in [1.29, 1.82) is 0 Å². The smallest absolute Gasteiger partial charge is 0.237 e. The Morgan fingerprint density at radius 1 is 1.57 bits per heavy atom. The van der Waals surface area contributed by atoms with Gasteiger partial charge < -0.3 is 5.32 Å². The van der Waals surface area contributed by atoms with Crippen LogP contribution in [0.1, 0.15) is 12.5 Å². The van der Waals surface area contributed by atoms with E-state index in [2.05, 4.69) is 43.8 Å². The van der Waals surface area contributed by atoms with E-state index in [1.54, 1.807) is 6.92 Å². The molecule has 4 heteroatoms. The van der Waals surface area contributed by atoms with E-state index in [9.17, 15) is 4.79 Å². The Kier molecular flexibility index (Phi) is 4.37. The van der Waals surface area contributed by atoms with Gasteiger partial charge in [0.25, 0.3) is 0 Å². The van der Waals surface area contributed by atoms with Crippen LogP contribution in [-0.4, -0.2) is 10.7 Å². The molecule has 0 saturated heterocycles. The molecule has 76 valence electrons. The minimum Gasteiger partial charge on any atom is -0.325 e. The largest absolute Gasteiger partial charge is 0.325 e. The molecule has 0 saturated carbocycles. The molecule has 0 aliphatic heterocycles. The number of alkyl halides is 1. The molecule has 1 atom stereocenters. The number of aryl methyl sites for hydroxylation is 1. The molecule has 0 radical (unpaired) electrons. The third-order valence-corrected chi connectivity index (χ3v) is 2.89. The zero-order valence-electron chi connectivity index (χ0n) is 7.97. The van der Waals surface area contributed by atoms with Gasteiger partial charge in [0.15, 0.2) is 0 Å². The molecule has 0 bridgehead atoms. The molecule has 0 fully saturated rings. The number of hydrogen-bond acceptors (Lipinski definition) is 1. The number of amides is 1. The van der Waals surface area contributed by atoms with Crippen molar-refractivity contribution >= 4 is 50.1 Å². The molecule has 0 spiro atoms. The molecule has 0 heterocycles. The molecular formula is C10H11BrINO. The van der Waals surface area contributed by atoms with Gasteiger partial charge in [-0.3, -0.25) is 4.79 Å². The average Bonchev–Trinajstić information content (AvgIpc) is 2.09. The van der Waals surface area contributed by atoms with Gasteiger partial charge in [-0.2, -0.15) is 0 Å². The minimum atomic E-state index is -0.166. The highest BCUT2D eigenvalue weighted by atomic mass is 127. The summed E-state index contributed by atoms with van der Waals surface area (Å²) in [5.41, 5.74) is 1.96. The van der Waals surface area contributed by atoms with E-state index in [0.29, 0.717) is 0 Å². The van der Waals surface area contributed by atoms with E-state index < -0.39 is 0 Å². The zero-order valence-corrected chi connectivity index (χ0v) is 11.7. The topological polar surface area (TPSA) is 29.1 Å². The van der Waals surface area contributed by atoms with Crippen LogP contribution in [0.25, 0.3) is 0 Å². The quantitative estimate of drug-likeness (QED) is 0.630. The first-order valence-corrected chi connectivity index (χ1v) is 6.21. The van der Waals surface area contributed by atoms with Crippen LogP contribution in [0.2, 0.25) is 0 Å². The van der Waals surface area contributed by atoms with Gasteiger partial charge in [0, 0.05) is 9.26 Å². The first-order chi connectivity index (χ1) is 6.50. The molecule has 1 rings (SSSR count). The normalized spacial score (nSPS) is 12.3. The Hall–Kier alpha value is -0.100. The summed E-state index contributed by atoms with van der Waals surface area (Å²) in [6, 6.07) is 5.93. The minimum absolute atomic E-state index is 0.0192. The Bertz CT molecular complexity index is 352. The maximum absolute atomic E-state index is 11.4. The lowest BCUT2D eigenvalue weighted by Gasteiger charge is -2.09. The average molecular weight is 368 g/mol. The van der Waals surface area contributed by atoms with Gasteiger partial charge in [0.1, 0.15) is 0 Å². The molecule has 2 nitrogen and oxygen atoms in total. The van der Waals surface area contributed by atoms with E-state index in [1.807, 2.05) is 25.1 Å². The number of rotatable bonds is 2. The van der Waals surface area contributed by atoms with Gasteiger partial charge in [-0.15, -0.1) is 0 Å². The van der Waals surface area contributed by atoms with Crippen LogP contribution in [0.15, 0.2) is 18.2 Å². The third-order valence-electron chi connectivity index (χ3n) is 1.81. The number of anilines is 1.